The molecule has 1 amide bonds. The molecule has 0 bridgehead atoms. The summed E-state index contributed by atoms with van der Waals surface area (Å²) in [6.45, 7) is 0. The van der Waals surface area contributed by atoms with Gasteiger partial charge < -0.3 is 20.8 Å². The molecule has 0 saturated carbocycles. The summed E-state index contributed by atoms with van der Waals surface area (Å²) in [7, 11) is 0. The van der Waals surface area contributed by atoms with Gasteiger partial charge in [0, 0.05) is 5.56 Å². The summed E-state index contributed by atoms with van der Waals surface area (Å²) in [6, 6.07) is 6.69. The number of halogens is 1. The minimum absolute atomic E-state index is 0.00293. The van der Waals surface area contributed by atoms with Crippen LogP contribution in [0.25, 0.3) is 0 Å². The highest BCUT2D eigenvalue weighted by molar-refractivity contribution is 7.71. The van der Waals surface area contributed by atoms with Crippen LogP contribution in [0.5, 0.6) is 5.88 Å². The van der Waals surface area contributed by atoms with E-state index in [-0.39, 0.29) is 32.7 Å². The zero-order valence-corrected chi connectivity index (χ0v) is 13.8. The van der Waals surface area contributed by atoms with Gasteiger partial charge in [0.2, 0.25) is 17.7 Å². The van der Waals surface area contributed by atoms with Crippen LogP contribution in [0.15, 0.2) is 34.4 Å². The Balaban J connectivity index is 2.25. The number of aromatic amines is 2. The Hall–Kier alpha value is -3.09. The zero-order valence-electron chi connectivity index (χ0n) is 12.3. The van der Waals surface area contributed by atoms with Crippen LogP contribution in [0, 0.1) is 16.1 Å². The Bertz CT molecular complexity index is 1160. The summed E-state index contributed by atoms with van der Waals surface area (Å²) in [6.07, 6.45) is 0. The molecule has 3 heterocycles. The molecule has 5 N–H and O–H groups in total. The predicted molar refractivity (Wildman–Crippen MR) is 90.6 cm³/mol. The van der Waals surface area contributed by atoms with Gasteiger partial charge in [0.1, 0.15) is 17.2 Å². The van der Waals surface area contributed by atoms with Gasteiger partial charge in [0.05, 0.1) is 10.7 Å². The van der Waals surface area contributed by atoms with Crippen LogP contribution >= 0.6 is 23.8 Å². The van der Waals surface area contributed by atoms with Gasteiger partial charge in [-0.2, -0.15) is 5.26 Å². The van der Waals surface area contributed by atoms with Gasteiger partial charge in [-0.3, -0.25) is 14.6 Å². The van der Waals surface area contributed by atoms with Gasteiger partial charge >= 0.3 is 0 Å². The molecule has 0 fully saturated rings. The van der Waals surface area contributed by atoms with E-state index in [9.17, 15) is 14.9 Å². The van der Waals surface area contributed by atoms with Crippen molar-refractivity contribution in [3.63, 3.8) is 0 Å². The van der Waals surface area contributed by atoms with E-state index in [4.69, 9.17) is 34.3 Å². The second-order valence-electron chi connectivity index (χ2n) is 5.43. The molecule has 2 aromatic rings. The first-order chi connectivity index (χ1) is 11.9. The number of carbonyl (C=O) groups excluding carboxylic acids is 1. The lowest BCUT2D eigenvalue weighted by atomic mass is 9.70. The first kappa shape index (κ1) is 15.4. The minimum atomic E-state index is -1.78. The van der Waals surface area contributed by atoms with Crippen LogP contribution < -0.4 is 21.3 Å². The smallest absolute Gasteiger partial charge is 0.260 e. The molecule has 1 atom stereocenters. The number of fused-ring (bicyclic) bond motifs is 4. The Morgan fingerprint density at radius 3 is 2.80 bits per heavy atom. The van der Waals surface area contributed by atoms with Crippen molar-refractivity contribution in [1.29, 1.82) is 5.26 Å². The van der Waals surface area contributed by atoms with Gasteiger partial charge in [-0.05, 0) is 18.3 Å². The highest BCUT2D eigenvalue weighted by Gasteiger charge is 2.58. The second kappa shape index (κ2) is 4.95. The van der Waals surface area contributed by atoms with Crippen molar-refractivity contribution < 1.29 is 9.53 Å². The first-order valence-corrected chi connectivity index (χ1v) is 7.75. The van der Waals surface area contributed by atoms with E-state index in [1.54, 1.807) is 18.2 Å². The van der Waals surface area contributed by atoms with E-state index in [1.807, 2.05) is 6.07 Å². The molecule has 25 heavy (non-hydrogen) atoms. The lowest BCUT2D eigenvalue weighted by molar-refractivity contribution is -0.118. The fourth-order valence-electron chi connectivity index (χ4n) is 3.28. The van der Waals surface area contributed by atoms with E-state index < -0.39 is 16.9 Å². The highest BCUT2D eigenvalue weighted by atomic mass is 35.5. The molecule has 0 aliphatic carbocycles. The quantitative estimate of drug-likeness (QED) is 0.515. The van der Waals surface area contributed by atoms with Crippen molar-refractivity contribution in [2.24, 2.45) is 5.73 Å². The van der Waals surface area contributed by atoms with E-state index in [1.165, 1.54) is 0 Å². The van der Waals surface area contributed by atoms with Gasteiger partial charge in [-0.25, -0.2) is 0 Å². The number of carbonyl (C=O) groups is 1. The molecular formula is C15H8ClN5O3S. The molecule has 4 rings (SSSR count). The summed E-state index contributed by atoms with van der Waals surface area (Å²) in [4.78, 5) is 30.7. The lowest BCUT2D eigenvalue weighted by Crippen LogP contribution is -2.46. The topological polar surface area (TPSA) is 137 Å². The van der Waals surface area contributed by atoms with Crippen molar-refractivity contribution in [2.45, 2.75) is 5.41 Å². The van der Waals surface area contributed by atoms with Crippen LogP contribution in [-0.2, 0) is 10.2 Å². The Morgan fingerprint density at radius 1 is 1.32 bits per heavy atom. The summed E-state index contributed by atoms with van der Waals surface area (Å²) in [5.41, 5.74) is 3.77. The number of hydrogen-bond acceptors (Lipinski definition) is 6. The van der Waals surface area contributed by atoms with Crippen LogP contribution in [-0.4, -0.2) is 15.9 Å². The summed E-state index contributed by atoms with van der Waals surface area (Å²) in [5.74, 6) is -1.02. The van der Waals surface area contributed by atoms with Crippen molar-refractivity contribution in [3.8, 4) is 11.9 Å². The second-order valence-corrected chi connectivity index (χ2v) is 6.25. The largest absolute Gasteiger partial charge is 0.424 e. The number of rotatable bonds is 0. The number of anilines is 1. The number of aromatic nitrogens is 2. The number of para-hydroxylation sites is 1. The fraction of sp³-hybridized carbons (Fsp3) is 0.0667. The third-order valence-electron chi connectivity index (χ3n) is 4.23. The van der Waals surface area contributed by atoms with Crippen molar-refractivity contribution in [2.75, 3.05) is 5.32 Å². The van der Waals surface area contributed by atoms with E-state index in [0.717, 1.165) is 0 Å². The molecule has 1 spiro atoms. The number of benzene rings is 1. The number of nitrogens with one attached hydrogen (secondary N) is 3. The molecule has 124 valence electrons. The standard InChI is InChI=1S/C15H8ClN5O3S/c16-7-3-1-2-5-9(7)19-13(23)15(5)6(4-17)10(18)24-12-8(15)11(22)20-14(25)21-12/h1-3H,18H2,(H,19,23)(H2,20,21,22,25). The van der Waals surface area contributed by atoms with E-state index in [0.29, 0.717) is 11.3 Å². The van der Waals surface area contributed by atoms with E-state index >= 15 is 0 Å². The molecule has 1 unspecified atom stereocenters. The number of nitriles is 1. The maximum Gasteiger partial charge on any atom is 0.260 e. The Labute approximate surface area is 149 Å². The third kappa shape index (κ3) is 1.77. The molecule has 0 saturated heterocycles. The molecule has 2 aliphatic heterocycles. The van der Waals surface area contributed by atoms with Gasteiger partial charge in [-0.15, -0.1) is 0 Å². The van der Waals surface area contributed by atoms with Crippen molar-refractivity contribution in [3.05, 3.63) is 60.9 Å². The predicted octanol–water partition coefficient (Wildman–Crippen LogP) is 1.41. The monoisotopic (exact) mass is 373 g/mol. The van der Waals surface area contributed by atoms with Crippen LogP contribution in [0.2, 0.25) is 5.02 Å². The number of nitrogens with two attached hydrogens (primary N) is 1. The third-order valence-corrected chi connectivity index (χ3v) is 4.74. The number of H-pyrrole nitrogens is 2. The summed E-state index contributed by atoms with van der Waals surface area (Å²) in [5, 5.41) is 12.6. The SMILES string of the molecule is N#CC1=C(N)Oc2[nH]c(=S)[nH]c(=O)c2C12C(=O)Nc1c(Cl)cccc12. The minimum Gasteiger partial charge on any atom is -0.424 e. The first-order valence-electron chi connectivity index (χ1n) is 6.97. The van der Waals surface area contributed by atoms with Crippen molar-refractivity contribution in [1.82, 2.24) is 9.97 Å². The normalized spacial score (nSPS) is 20.6. The molecule has 8 nitrogen and oxygen atoms in total. The van der Waals surface area contributed by atoms with Crippen molar-refractivity contribution >= 4 is 35.4 Å². The van der Waals surface area contributed by atoms with Crippen LogP contribution in [0.4, 0.5) is 5.69 Å². The average molecular weight is 374 g/mol. The van der Waals surface area contributed by atoms with Gasteiger partial charge in [0.15, 0.2) is 10.2 Å². The van der Waals surface area contributed by atoms with Crippen LogP contribution in [0.1, 0.15) is 11.1 Å². The lowest BCUT2D eigenvalue weighted by Gasteiger charge is -2.32. The average Bonchev–Trinajstić information content (AvgIpc) is 2.82. The molecular weight excluding hydrogens is 366 g/mol. The maximum absolute atomic E-state index is 13.0. The van der Waals surface area contributed by atoms with Crippen LogP contribution in [0.3, 0.4) is 0 Å². The fourth-order valence-corrected chi connectivity index (χ4v) is 3.69. The summed E-state index contributed by atoms with van der Waals surface area (Å²) >= 11 is 11.1. The Morgan fingerprint density at radius 2 is 2.08 bits per heavy atom. The molecule has 0 radical (unpaired) electrons. The molecule has 10 heteroatoms. The van der Waals surface area contributed by atoms with Gasteiger partial charge in [-0.1, -0.05) is 23.7 Å². The van der Waals surface area contributed by atoms with E-state index in [2.05, 4.69) is 15.3 Å². The number of nitrogens with zero attached hydrogens (tertiary/aromatic N) is 1. The van der Waals surface area contributed by atoms with Gasteiger partial charge in [0.25, 0.3) is 5.56 Å². The molecule has 1 aromatic carbocycles. The maximum atomic E-state index is 13.0. The highest BCUT2D eigenvalue weighted by Crippen LogP contribution is 2.52. The number of amides is 1. The number of ether oxygens (including phenoxy) is 1. The molecule has 1 aromatic heterocycles. The summed E-state index contributed by atoms with van der Waals surface area (Å²) < 4.78 is 5.35. The zero-order chi connectivity index (χ0) is 17.9. The molecule has 2 aliphatic rings. The number of hydrogen-bond donors (Lipinski definition) is 4. The Kier molecular flexibility index (Phi) is 3.06.